The Balaban J connectivity index is 2.28. The van der Waals surface area contributed by atoms with E-state index in [1.807, 2.05) is 13.8 Å². The third kappa shape index (κ3) is 3.73. The van der Waals surface area contributed by atoms with Crippen LogP contribution < -0.4 is 16.6 Å². The zero-order chi connectivity index (χ0) is 15.4. The molecular weight excluding hydrogens is 336 g/mol. The van der Waals surface area contributed by atoms with E-state index in [0.717, 1.165) is 4.47 Å². The number of anilines is 2. The van der Waals surface area contributed by atoms with E-state index in [0.29, 0.717) is 17.3 Å². The number of carbonyl (C=O) groups excluding carboxylic acids is 1. The first-order valence-corrected chi connectivity index (χ1v) is 7.07. The maximum atomic E-state index is 12.3. The summed E-state index contributed by atoms with van der Waals surface area (Å²) in [5, 5.41) is 2.67. The van der Waals surface area contributed by atoms with Crippen LogP contribution in [-0.4, -0.2) is 20.9 Å². The number of hydrazine groups is 1. The molecule has 0 unspecified atom stereocenters. The Morgan fingerprint density at radius 3 is 2.62 bits per heavy atom. The number of carbonyl (C=O) groups is 1. The molecule has 2 heterocycles. The number of halogens is 1. The quantitative estimate of drug-likeness (QED) is 0.577. The summed E-state index contributed by atoms with van der Waals surface area (Å²) in [5.74, 6) is 6.10. The number of aromatic nitrogens is 3. The van der Waals surface area contributed by atoms with Crippen molar-refractivity contribution < 1.29 is 4.79 Å². The topological polar surface area (TPSA) is 106 Å². The normalized spacial score (nSPS) is 10.5. The van der Waals surface area contributed by atoms with Crippen LogP contribution in [0.2, 0.25) is 0 Å². The molecule has 7 nitrogen and oxygen atoms in total. The molecule has 0 atom stereocenters. The van der Waals surface area contributed by atoms with Crippen molar-refractivity contribution in [3.05, 3.63) is 40.5 Å². The Bertz CT molecular complexity index is 644. The summed E-state index contributed by atoms with van der Waals surface area (Å²) in [6.45, 7) is 3.89. The molecule has 0 aliphatic heterocycles. The summed E-state index contributed by atoms with van der Waals surface area (Å²) in [7, 11) is 0. The van der Waals surface area contributed by atoms with E-state index < -0.39 is 5.91 Å². The van der Waals surface area contributed by atoms with Crippen LogP contribution in [0.1, 0.15) is 36.1 Å². The minimum atomic E-state index is -0.401. The van der Waals surface area contributed by atoms with Crippen LogP contribution in [-0.2, 0) is 0 Å². The average molecular weight is 351 g/mol. The number of nitrogens with zero attached hydrogens (tertiary/aromatic N) is 3. The Kier molecular flexibility index (Phi) is 4.81. The third-order valence-electron chi connectivity index (χ3n) is 2.66. The van der Waals surface area contributed by atoms with Crippen molar-refractivity contribution in [2.45, 2.75) is 19.8 Å². The summed E-state index contributed by atoms with van der Waals surface area (Å²) >= 11 is 3.28. The number of nitrogens with two attached hydrogens (primary N) is 1. The lowest BCUT2D eigenvalue weighted by Gasteiger charge is -2.11. The highest BCUT2D eigenvalue weighted by atomic mass is 79.9. The van der Waals surface area contributed by atoms with Crippen molar-refractivity contribution in [1.29, 1.82) is 0 Å². The van der Waals surface area contributed by atoms with Crippen LogP contribution in [0, 0.1) is 0 Å². The minimum Gasteiger partial charge on any atom is -0.321 e. The van der Waals surface area contributed by atoms with E-state index >= 15 is 0 Å². The molecule has 110 valence electrons. The fourth-order valence-electron chi connectivity index (χ4n) is 1.58. The van der Waals surface area contributed by atoms with Crippen LogP contribution in [0.5, 0.6) is 0 Å². The van der Waals surface area contributed by atoms with Gasteiger partial charge in [0.15, 0.2) is 5.69 Å². The molecule has 0 spiro atoms. The Morgan fingerprint density at radius 1 is 1.29 bits per heavy atom. The largest absolute Gasteiger partial charge is 0.321 e. The second kappa shape index (κ2) is 6.59. The van der Waals surface area contributed by atoms with Crippen molar-refractivity contribution in [3.8, 4) is 0 Å². The van der Waals surface area contributed by atoms with E-state index in [4.69, 9.17) is 5.84 Å². The number of hydrogen-bond acceptors (Lipinski definition) is 6. The lowest BCUT2D eigenvalue weighted by molar-refractivity contribution is 0.102. The van der Waals surface area contributed by atoms with Crippen LogP contribution in [0.4, 0.5) is 11.5 Å². The zero-order valence-electron chi connectivity index (χ0n) is 11.6. The van der Waals surface area contributed by atoms with Gasteiger partial charge in [0.25, 0.3) is 5.91 Å². The van der Waals surface area contributed by atoms with Crippen molar-refractivity contribution in [3.63, 3.8) is 0 Å². The number of nitrogen functional groups attached to an aromatic ring is 1. The second-order valence-corrected chi connectivity index (χ2v) is 5.52. The molecule has 4 N–H and O–H groups in total. The number of amides is 1. The molecule has 0 radical (unpaired) electrons. The Morgan fingerprint density at radius 2 is 2.05 bits per heavy atom. The maximum Gasteiger partial charge on any atom is 0.277 e. The van der Waals surface area contributed by atoms with Gasteiger partial charge in [-0.05, 0) is 28.1 Å². The van der Waals surface area contributed by atoms with Gasteiger partial charge in [0, 0.05) is 16.6 Å². The molecule has 0 saturated heterocycles. The van der Waals surface area contributed by atoms with Crippen LogP contribution in [0.25, 0.3) is 0 Å². The summed E-state index contributed by atoms with van der Waals surface area (Å²) in [6, 6.07) is 3.46. The van der Waals surface area contributed by atoms with Gasteiger partial charge in [-0.1, -0.05) is 13.8 Å². The predicted octanol–water partition coefficient (Wildman–Crippen LogP) is 2.30. The van der Waals surface area contributed by atoms with Crippen LogP contribution in [0.15, 0.2) is 29.0 Å². The average Bonchev–Trinajstić information content (AvgIpc) is 2.48. The summed E-state index contributed by atoms with van der Waals surface area (Å²) in [4.78, 5) is 24.8. The van der Waals surface area contributed by atoms with E-state index in [-0.39, 0.29) is 11.6 Å². The third-order valence-corrected chi connectivity index (χ3v) is 3.13. The Hall–Kier alpha value is -2.06. The van der Waals surface area contributed by atoms with Crippen molar-refractivity contribution in [1.82, 2.24) is 15.0 Å². The monoisotopic (exact) mass is 350 g/mol. The SMILES string of the molecule is CC(C)c1ncc(NN)c(C(=O)Nc2ccc(Br)cn2)n1. The van der Waals surface area contributed by atoms with E-state index in [9.17, 15) is 4.79 Å². The molecular formula is C13H15BrN6O. The predicted molar refractivity (Wildman–Crippen MR) is 83.8 cm³/mol. The van der Waals surface area contributed by atoms with Crippen molar-refractivity contribution >= 4 is 33.3 Å². The molecule has 0 fully saturated rings. The van der Waals surface area contributed by atoms with Crippen LogP contribution in [0.3, 0.4) is 0 Å². The highest BCUT2D eigenvalue weighted by molar-refractivity contribution is 9.10. The molecule has 8 heteroatoms. The highest BCUT2D eigenvalue weighted by Gasteiger charge is 2.16. The van der Waals surface area contributed by atoms with Crippen LogP contribution >= 0.6 is 15.9 Å². The van der Waals surface area contributed by atoms with Crippen molar-refractivity contribution in [2.75, 3.05) is 10.7 Å². The Labute approximate surface area is 130 Å². The van der Waals surface area contributed by atoms with Crippen molar-refractivity contribution in [2.24, 2.45) is 5.84 Å². The number of nitrogens with one attached hydrogen (secondary N) is 2. The molecule has 0 aliphatic rings. The first-order chi connectivity index (χ1) is 10.0. The van der Waals surface area contributed by atoms with Gasteiger partial charge >= 0.3 is 0 Å². The lowest BCUT2D eigenvalue weighted by Crippen LogP contribution is -2.21. The molecule has 2 aromatic rings. The number of rotatable bonds is 4. The maximum absolute atomic E-state index is 12.3. The fourth-order valence-corrected chi connectivity index (χ4v) is 1.81. The zero-order valence-corrected chi connectivity index (χ0v) is 13.2. The fraction of sp³-hybridized carbons (Fsp3) is 0.231. The standard InChI is InChI=1S/C13H15BrN6O/c1-7(2)12-17-6-9(20-15)11(19-12)13(21)18-10-4-3-8(14)5-16-10/h3-7,20H,15H2,1-2H3,(H,16,18,21). The lowest BCUT2D eigenvalue weighted by atomic mass is 10.2. The van der Waals surface area contributed by atoms with Gasteiger partial charge in [0.05, 0.1) is 11.9 Å². The molecule has 2 aromatic heterocycles. The van der Waals surface area contributed by atoms with Gasteiger partial charge in [0.2, 0.25) is 0 Å². The van der Waals surface area contributed by atoms with Gasteiger partial charge in [0.1, 0.15) is 11.6 Å². The first kappa shape index (κ1) is 15.3. The minimum absolute atomic E-state index is 0.106. The second-order valence-electron chi connectivity index (χ2n) is 4.61. The highest BCUT2D eigenvalue weighted by Crippen LogP contribution is 2.17. The number of pyridine rings is 1. The molecule has 0 aromatic carbocycles. The number of hydrogen-bond donors (Lipinski definition) is 3. The summed E-state index contributed by atoms with van der Waals surface area (Å²) in [5.41, 5.74) is 2.96. The molecule has 21 heavy (non-hydrogen) atoms. The summed E-state index contributed by atoms with van der Waals surface area (Å²) in [6.07, 6.45) is 3.09. The van der Waals surface area contributed by atoms with Gasteiger partial charge in [-0.15, -0.1) is 0 Å². The molecule has 0 bridgehead atoms. The van der Waals surface area contributed by atoms with Gasteiger partial charge in [-0.2, -0.15) is 0 Å². The molecule has 1 amide bonds. The van der Waals surface area contributed by atoms with E-state index in [2.05, 4.69) is 41.6 Å². The molecule has 0 aliphatic carbocycles. The van der Waals surface area contributed by atoms with E-state index in [1.165, 1.54) is 6.20 Å². The summed E-state index contributed by atoms with van der Waals surface area (Å²) < 4.78 is 0.828. The van der Waals surface area contributed by atoms with Gasteiger partial charge < -0.3 is 10.7 Å². The smallest absolute Gasteiger partial charge is 0.277 e. The molecule has 2 rings (SSSR count). The molecule has 0 saturated carbocycles. The first-order valence-electron chi connectivity index (χ1n) is 6.27. The van der Waals surface area contributed by atoms with E-state index in [1.54, 1.807) is 18.3 Å². The van der Waals surface area contributed by atoms with Gasteiger partial charge in [-0.25, -0.2) is 15.0 Å². The van der Waals surface area contributed by atoms with Gasteiger partial charge in [-0.3, -0.25) is 10.6 Å².